The number of ether oxygens (including phenoxy) is 3. The Labute approximate surface area is 163 Å². The Morgan fingerprint density at radius 2 is 2.07 bits per heavy atom. The van der Waals surface area contributed by atoms with Crippen LogP contribution in [0.15, 0.2) is 12.1 Å². The molecule has 2 aromatic rings. The highest BCUT2D eigenvalue weighted by Crippen LogP contribution is 2.32. The van der Waals surface area contributed by atoms with Crippen molar-refractivity contribution in [2.24, 2.45) is 5.92 Å². The maximum absolute atomic E-state index is 11.0. The van der Waals surface area contributed by atoms with E-state index in [-0.39, 0.29) is 24.2 Å². The smallest absolute Gasteiger partial charge is 0.276 e. The van der Waals surface area contributed by atoms with Crippen LogP contribution in [0.1, 0.15) is 40.5 Å². The predicted molar refractivity (Wildman–Crippen MR) is 104 cm³/mol. The lowest BCUT2D eigenvalue weighted by molar-refractivity contribution is -0.120. The Bertz CT molecular complexity index is 773. The number of amides is 1. The third-order valence-corrected chi connectivity index (χ3v) is 5.09. The highest BCUT2D eigenvalue weighted by molar-refractivity contribution is 7.19. The summed E-state index contributed by atoms with van der Waals surface area (Å²) in [6.07, 6.45) is 2.29. The molecule has 3 rings (SSSR count). The highest BCUT2D eigenvalue weighted by Gasteiger charge is 2.30. The van der Waals surface area contributed by atoms with Crippen molar-refractivity contribution in [2.75, 3.05) is 13.2 Å². The van der Waals surface area contributed by atoms with Crippen LogP contribution in [0.5, 0.6) is 11.1 Å². The highest BCUT2D eigenvalue weighted by atomic mass is 32.1. The van der Waals surface area contributed by atoms with Gasteiger partial charge in [-0.3, -0.25) is 4.79 Å². The quantitative estimate of drug-likeness (QED) is 0.705. The molecule has 1 amide bonds. The molecule has 0 aliphatic heterocycles. The molecule has 0 bridgehead atoms. The second-order valence-electron chi connectivity index (χ2n) is 7.33. The molecule has 1 aliphatic rings. The number of aromatic nitrogens is 2. The van der Waals surface area contributed by atoms with Gasteiger partial charge in [0, 0.05) is 19.0 Å². The molecule has 1 aliphatic carbocycles. The van der Waals surface area contributed by atoms with Crippen LogP contribution in [0, 0.1) is 5.92 Å². The fraction of sp³-hybridized carbons (Fsp3) is 0.632. The first-order valence-electron chi connectivity index (χ1n) is 9.34. The van der Waals surface area contributed by atoms with E-state index in [4.69, 9.17) is 14.2 Å². The maximum atomic E-state index is 11.0. The fourth-order valence-corrected chi connectivity index (χ4v) is 3.84. The summed E-state index contributed by atoms with van der Waals surface area (Å²) in [6, 6.07) is 3.80. The van der Waals surface area contributed by atoms with E-state index in [1.165, 1.54) is 18.3 Å². The van der Waals surface area contributed by atoms with Gasteiger partial charge in [0.15, 0.2) is 4.83 Å². The van der Waals surface area contributed by atoms with E-state index in [2.05, 4.69) is 15.3 Å². The summed E-state index contributed by atoms with van der Waals surface area (Å²) >= 11 is 1.43. The summed E-state index contributed by atoms with van der Waals surface area (Å²) < 4.78 is 17.3. The number of carbonyl (C=O) groups excluding carboxylic acids is 1. The summed E-state index contributed by atoms with van der Waals surface area (Å²) in [5, 5.41) is 3.46. The first-order valence-corrected chi connectivity index (χ1v) is 10.2. The van der Waals surface area contributed by atoms with E-state index in [0.29, 0.717) is 30.2 Å². The molecule has 1 N–H and O–H groups in total. The molecule has 2 aromatic heterocycles. The molecule has 1 fully saturated rings. The monoisotopic (exact) mass is 393 g/mol. The zero-order valence-electron chi connectivity index (χ0n) is 16.2. The minimum absolute atomic E-state index is 0.0284. The topological polar surface area (TPSA) is 82.6 Å². The molecule has 0 spiro atoms. The van der Waals surface area contributed by atoms with Crippen LogP contribution in [-0.2, 0) is 9.53 Å². The normalized spacial score (nSPS) is 20.3. The standard InChI is InChI=1S/C19H27N3O4S/c1-11(2)26-19-21-16-5-6-17(22-18(16)27-19)25-10-14-7-15(8-14)24-9-12(3)20-13(4)23/h5-6,11-12,14-15H,7-10H2,1-4H3,(H,20,23)/t12-,14?,15?/m0/s1. The van der Waals surface area contributed by atoms with Gasteiger partial charge in [0.25, 0.3) is 5.19 Å². The molecule has 8 heteroatoms. The summed E-state index contributed by atoms with van der Waals surface area (Å²) in [5.74, 6) is 1.06. The summed E-state index contributed by atoms with van der Waals surface area (Å²) in [5.41, 5.74) is 0.827. The average Bonchev–Trinajstić information content (AvgIpc) is 2.92. The molecule has 0 saturated heterocycles. The summed E-state index contributed by atoms with van der Waals surface area (Å²) in [6.45, 7) is 8.59. The Hall–Kier alpha value is -1.93. The van der Waals surface area contributed by atoms with E-state index in [1.807, 2.05) is 32.9 Å². The van der Waals surface area contributed by atoms with Gasteiger partial charge in [-0.1, -0.05) is 11.3 Å². The number of hydrogen-bond donors (Lipinski definition) is 1. The first kappa shape index (κ1) is 19.8. The second kappa shape index (κ2) is 8.84. The van der Waals surface area contributed by atoms with Gasteiger partial charge in [0.1, 0.15) is 5.52 Å². The van der Waals surface area contributed by atoms with Gasteiger partial charge in [0.05, 0.1) is 25.4 Å². The van der Waals surface area contributed by atoms with Crippen molar-refractivity contribution in [3.63, 3.8) is 0 Å². The molecule has 1 atom stereocenters. The van der Waals surface area contributed by atoms with Crippen molar-refractivity contribution in [1.29, 1.82) is 0 Å². The Kier molecular flexibility index (Phi) is 6.49. The lowest BCUT2D eigenvalue weighted by Gasteiger charge is -2.35. The van der Waals surface area contributed by atoms with E-state index < -0.39 is 0 Å². The van der Waals surface area contributed by atoms with Gasteiger partial charge >= 0.3 is 0 Å². The number of rotatable bonds is 9. The molecule has 0 unspecified atom stereocenters. The predicted octanol–water partition coefficient (Wildman–Crippen LogP) is 3.18. The van der Waals surface area contributed by atoms with Crippen LogP contribution in [0.3, 0.4) is 0 Å². The molecule has 0 aromatic carbocycles. The van der Waals surface area contributed by atoms with Crippen LogP contribution in [-0.4, -0.2) is 47.3 Å². The summed E-state index contributed by atoms with van der Waals surface area (Å²) in [4.78, 5) is 20.7. The Balaban J connectivity index is 1.40. The van der Waals surface area contributed by atoms with E-state index in [1.54, 1.807) is 0 Å². The molecular weight excluding hydrogens is 366 g/mol. The van der Waals surface area contributed by atoms with Crippen molar-refractivity contribution in [2.45, 2.75) is 58.8 Å². The number of nitrogens with zero attached hydrogens (tertiary/aromatic N) is 2. The van der Waals surface area contributed by atoms with Crippen LogP contribution in [0.4, 0.5) is 0 Å². The van der Waals surface area contributed by atoms with Crippen LogP contribution >= 0.6 is 11.3 Å². The van der Waals surface area contributed by atoms with E-state index in [9.17, 15) is 4.79 Å². The molecule has 2 heterocycles. The first-order chi connectivity index (χ1) is 12.9. The lowest BCUT2D eigenvalue weighted by atomic mass is 9.83. The largest absolute Gasteiger partial charge is 0.477 e. The van der Waals surface area contributed by atoms with Crippen molar-refractivity contribution < 1.29 is 19.0 Å². The number of hydrogen-bond acceptors (Lipinski definition) is 7. The lowest BCUT2D eigenvalue weighted by Crippen LogP contribution is -2.40. The molecule has 27 heavy (non-hydrogen) atoms. The van der Waals surface area contributed by atoms with Crippen molar-refractivity contribution in [3.05, 3.63) is 12.1 Å². The van der Waals surface area contributed by atoms with Gasteiger partial charge in [-0.2, -0.15) is 0 Å². The fourth-order valence-electron chi connectivity index (χ4n) is 2.93. The van der Waals surface area contributed by atoms with Crippen LogP contribution in [0.2, 0.25) is 0 Å². The zero-order chi connectivity index (χ0) is 19.4. The van der Waals surface area contributed by atoms with Crippen molar-refractivity contribution >= 4 is 27.6 Å². The number of thiazole rings is 1. The molecule has 7 nitrogen and oxygen atoms in total. The number of pyridine rings is 1. The molecule has 148 valence electrons. The minimum atomic E-state index is -0.0284. The number of nitrogens with one attached hydrogen (secondary N) is 1. The number of fused-ring (bicyclic) bond motifs is 1. The number of carbonyl (C=O) groups is 1. The Morgan fingerprint density at radius 1 is 1.30 bits per heavy atom. The van der Waals surface area contributed by atoms with Gasteiger partial charge in [-0.25, -0.2) is 9.97 Å². The molecule has 0 radical (unpaired) electrons. The molecular formula is C19H27N3O4S. The minimum Gasteiger partial charge on any atom is -0.477 e. The third-order valence-electron chi connectivity index (χ3n) is 4.24. The van der Waals surface area contributed by atoms with Gasteiger partial charge < -0.3 is 19.5 Å². The molecule has 1 saturated carbocycles. The maximum Gasteiger partial charge on any atom is 0.276 e. The van der Waals surface area contributed by atoms with Gasteiger partial charge in [0.2, 0.25) is 11.8 Å². The van der Waals surface area contributed by atoms with Gasteiger partial charge in [-0.15, -0.1) is 0 Å². The zero-order valence-corrected chi connectivity index (χ0v) is 17.0. The SMILES string of the molecule is CC(=O)N[C@@H](C)COC1CC(COc2ccc3nc(OC(C)C)sc3n2)C1. The van der Waals surface area contributed by atoms with E-state index in [0.717, 1.165) is 23.2 Å². The summed E-state index contributed by atoms with van der Waals surface area (Å²) in [7, 11) is 0. The van der Waals surface area contributed by atoms with Gasteiger partial charge in [-0.05, 0) is 45.6 Å². The second-order valence-corrected chi connectivity index (χ2v) is 8.27. The Morgan fingerprint density at radius 3 is 2.78 bits per heavy atom. The van der Waals surface area contributed by atoms with Crippen LogP contribution < -0.4 is 14.8 Å². The van der Waals surface area contributed by atoms with Crippen LogP contribution in [0.25, 0.3) is 10.3 Å². The third kappa shape index (κ3) is 5.77. The average molecular weight is 394 g/mol. The van der Waals surface area contributed by atoms with E-state index >= 15 is 0 Å². The van der Waals surface area contributed by atoms with Crippen molar-refractivity contribution in [1.82, 2.24) is 15.3 Å². The van der Waals surface area contributed by atoms with Crippen molar-refractivity contribution in [3.8, 4) is 11.1 Å².